The molecule has 1 amide bonds. The summed E-state index contributed by atoms with van der Waals surface area (Å²) in [5.74, 6) is 0.0617. The van der Waals surface area contributed by atoms with Gasteiger partial charge in [0.2, 0.25) is 5.91 Å². The number of hydrogen-bond acceptors (Lipinski definition) is 3. The van der Waals surface area contributed by atoms with Crippen molar-refractivity contribution in [3.63, 3.8) is 0 Å². The van der Waals surface area contributed by atoms with Crippen LogP contribution in [0.1, 0.15) is 24.8 Å². The first-order valence-corrected chi connectivity index (χ1v) is 6.87. The van der Waals surface area contributed by atoms with Crippen molar-refractivity contribution < 1.29 is 15.0 Å². The van der Waals surface area contributed by atoms with Gasteiger partial charge in [0.1, 0.15) is 5.75 Å². The average Bonchev–Trinajstić information content (AvgIpc) is 2.59. The number of nitrogens with zero attached hydrogens (tertiary/aromatic N) is 1. The Morgan fingerprint density at radius 1 is 1.37 bits per heavy atom. The lowest BCUT2D eigenvalue weighted by atomic mass is 10.1. The molecule has 1 heterocycles. The van der Waals surface area contributed by atoms with Crippen LogP contribution >= 0.6 is 11.6 Å². The van der Waals surface area contributed by atoms with Gasteiger partial charge in [-0.3, -0.25) is 4.79 Å². The number of carbonyl (C=O) groups excluding carboxylic acids is 1. The third-order valence-corrected chi connectivity index (χ3v) is 3.72. The van der Waals surface area contributed by atoms with E-state index in [-0.39, 0.29) is 29.2 Å². The van der Waals surface area contributed by atoms with Crippen LogP contribution < -0.4 is 0 Å². The molecule has 0 aromatic heterocycles. The van der Waals surface area contributed by atoms with Crippen molar-refractivity contribution in [2.75, 3.05) is 13.1 Å². The van der Waals surface area contributed by atoms with Crippen LogP contribution in [0.25, 0.3) is 0 Å². The highest BCUT2D eigenvalue weighted by Gasteiger charge is 2.19. The fourth-order valence-electron chi connectivity index (χ4n) is 2.27. The summed E-state index contributed by atoms with van der Waals surface area (Å²) in [6.07, 6.45) is 2.22. The summed E-state index contributed by atoms with van der Waals surface area (Å²) < 4.78 is 0. The molecule has 19 heavy (non-hydrogen) atoms. The smallest absolute Gasteiger partial charge is 0.226 e. The minimum atomic E-state index is -0.291. The number of amides is 1. The number of carbonyl (C=O) groups is 1. The molecule has 0 radical (unpaired) electrons. The summed E-state index contributed by atoms with van der Waals surface area (Å²) in [4.78, 5) is 14.0. The fourth-order valence-corrected chi connectivity index (χ4v) is 2.48. The van der Waals surface area contributed by atoms with Crippen LogP contribution in [0.2, 0.25) is 5.02 Å². The summed E-state index contributed by atoms with van der Waals surface area (Å²) in [6, 6.07) is 4.81. The van der Waals surface area contributed by atoms with E-state index in [4.69, 9.17) is 11.6 Å². The van der Waals surface area contributed by atoms with Crippen molar-refractivity contribution in [1.29, 1.82) is 0 Å². The third kappa shape index (κ3) is 3.85. The summed E-state index contributed by atoms with van der Waals surface area (Å²) in [5, 5.41) is 19.2. The van der Waals surface area contributed by atoms with Gasteiger partial charge in [0, 0.05) is 13.1 Å². The molecule has 2 rings (SSSR count). The van der Waals surface area contributed by atoms with Gasteiger partial charge in [0.05, 0.1) is 17.5 Å². The predicted octanol–water partition coefficient (Wildman–Crippen LogP) is 1.96. The van der Waals surface area contributed by atoms with Crippen LogP contribution in [-0.2, 0) is 11.2 Å². The van der Waals surface area contributed by atoms with E-state index >= 15 is 0 Å². The molecule has 5 heteroatoms. The van der Waals surface area contributed by atoms with E-state index in [9.17, 15) is 15.0 Å². The molecular weight excluding hydrogens is 266 g/mol. The normalized spacial score (nSPS) is 20.1. The van der Waals surface area contributed by atoms with Crippen molar-refractivity contribution in [1.82, 2.24) is 4.90 Å². The first kappa shape index (κ1) is 14.2. The Bertz CT molecular complexity index is 464. The summed E-state index contributed by atoms with van der Waals surface area (Å²) in [7, 11) is 0. The first-order valence-electron chi connectivity index (χ1n) is 6.49. The van der Waals surface area contributed by atoms with Gasteiger partial charge in [0.15, 0.2) is 0 Å². The van der Waals surface area contributed by atoms with Crippen molar-refractivity contribution in [3.05, 3.63) is 28.8 Å². The Morgan fingerprint density at radius 2 is 2.16 bits per heavy atom. The molecule has 104 valence electrons. The maximum absolute atomic E-state index is 12.2. The maximum atomic E-state index is 12.2. The van der Waals surface area contributed by atoms with Crippen LogP contribution in [0.4, 0.5) is 0 Å². The van der Waals surface area contributed by atoms with E-state index in [0.717, 1.165) is 18.4 Å². The van der Waals surface area contributed by atoms with Crippen molar-refractivity contribution in [2.24, 2.45) is 0 Å². The number of benzene rings is 1. The van der Waals surface area contributed by atoms with Gasteiger partial charge in [-0.1, -0.05) is 17.7 Å². The van der Waals surface area contributed by atoms with Crippen molar-refractivity contribution >= 4 is 17.5 Å². The SMILES string of the molecule is O=C(Cc1ccc(O)c(Cl)c1)N1CCCC(O)CC1. The minimum absolute atomic E-state index is 0.0239. The Hall–Kier alpha value is -1.26. The zero-order chi connectivity index (χ0) is 13.8. The van der Waals surface area contributed by atoms with Crippen LogP contribution in [0.5, 0.6) is 5.75 Å². The molecule has 1 aliphatic heterocycles. The van der Waals surface area contributed by atoms with Gasteiger partial charge in [-0.05, 0) is 37.0 Å². The number of phenols is 1. The molecular formula is C14H18ClNO3. The van der Waals surface area contributed by atoms with E-state index in [0.29, 0.717) is 19.5 Å². The average molecular weight is 284 g/mol. The van der Waals surface area contributed by atoms with E-state index in [1.807, 2.05) is 0 Å². The number of aromatic hydroxyl groups is 1. The van der Waals surface area contributed by atoms with Crippen LogP contribution in [0, 0.1) is 0 Å². The highest BCUT2D eigenvalue weighted by molar-refractivity contribution is 6.32. The summed E-state index contributed by atoms with van der Waals surface area (Å²) >= 11 is 5.82. The standard InChI is InChI=1S/C14H18ClNO3/c15-12-8-10(3-4-13(12)18)9-14(19)16-6-1-2-11(17)5-7-16/h3-4,8,11,17-18H,1-2,5-7,9H2. The molecule has 0 aliphatic carbocycles. The first-order chi connectivity index (χ1) is 9.06. The zero-order valence-corrected chi connectivity index (χ0v) is 11.4. The predicted molar refractivity (Wildman–Crippen MR) is 73.3 cm³/mol. The van der Waals surface area contributed by atoms with Crippen LogP contribution in [-0.4, -0.2) is 40.2 Å². The Kier molecular flexibility index (Phi) is 4.66. The van der Waals surface area contributed by atoms with Gasteiger partial charge in [-0.2, -0.15) is 0 Å². The Labute approximate surface area is 117 Å². The highest BCUT2D eigenvalue weighted by atomic mass is 35.5. The number of rotatable bonds is 2. The molecule has 4 nitrogen and oxygen atoms in total. The molecule has 0 saturated carbocycles. The van der Waals surface area contributed by atoms with Crippen LogP contribution in [0.15, 0.2) is 18.2 Å². The second-order valence-electron chi connectivity index (χ2n) is 4.93. The second kappa shape index (κ2) is 6.26. The second-order valence-corrected chi connectivity index (χ2v) is 5.34. The molecule has 0 bridgehead atoms. The molecule has 1 fully saturated rings. The third-order valence-electron chi connectivity index (χ3n) is 3.42. The van der Waals surface area contributed by atoms with Gasteiger partial charge in [-0.25, -0.2) is 0 Å². The summed E-state index contributed by atoms with van der Waals surface area (Å²) in [5.41, 5.74) is 0.789. The number of hydrogen-bond donors (Lipinski definition) is 2. The number of halogens is 1. The lowest BCUT2D eigenvalue weighted by Crippen LogP contribution is -2.33. The molecule has 1 saturated heterocycles. The maximum Gasteiger partial charge on any atom is 0.226 e. The molecule has 1 aromatic carbocycles. The number of phenolic OH excluding ortho intramolecular Hbond substituents is 1. The monoisotopic (exact) mass is 283 g/mol. The number of likely N-dealkylation sites (tertiary alicyclic amines) is 1. The quantitative estimate of drug-likeness (QED) is 0.872. The molecule has 0 spiro atoms. The topological polar surface area (TPSA) is 60.8 Å². The van der Waals surface area contributed by atoms with Gasteiger partial charge < -0.3 is 15.1 Å². The molecule has 1 unspecified atom stereocenters. The molecule has 1 aromatic rings. The van der Waals surface area contributed by atoms with E-state index in [2.05, 4.69) is 0 Å². The lowest BCUT2D eigenvalue weighted by molar-refractivity contribution is -0.130. The summed E-state index contributed by atoms with van der Waals surface area (Å²) in [6.45, 7) is 1.30. The fraction of sp³-hybridized carbons (Fsp3) is 0.500. The Morgan fingerprint density at radius 3 is 2.89 bits per heavy atom. The van der Waals surface area contributed by atoms with Gasteiger partial charge in [-0.15, -0.1) is 0 Å². The lowest BCUT2D eigenvalue weighted by Gasteiger charge is -2.20. The van der Waals surface area contributed by atoms with E-state index in [1.165, 1.54) is 6.07 Å². The van der Waals surface area contributed by atoms with Gasteiger partial charge in [0.25, 0.3) is 0 Å². The molecule has 1 aliphatic rings. The van der Waals surface area contributed by atoms with Crippen molar-refractivity contribution in [2.45, 2.75) is 31.8 Å². The molecule has 1 atom stereocenters. The van der Waals surface area contributed by atoms with Crippen molar-refractivity contribution in [3.8, 4) is 5.75 Å². The van der Waals surface area contributed by atoms with E-state index < -0.39 is 0 Å². The number of aliphatic hydroxyl groups excluding tert-OH is 1. The number of aliphatic hydroxyl groups is 1. The minimum Gasteiger partial charge on any atom is -0.506 e. The zero-order valence-electron chi connectivity index (χ0n) is 10.7. The Balaban J connectivity index is 1.98. The van der Waals surface area contributed by atoms with E-state index in [1.54, 1.807) is 17.0 Å². The van der Waals surface area contributed by atoms with Gasteiger partial charge >= 0.3 is 0 Å². The van der Waals surface area contributed by atoms with Crippen LogP contribution in [0.3, 0.4) is 0 Å². The largest absolute Gasteiger partial charge is 0.506 e. The highest BCUT2D eigenvalue weighted by Crippen LogP contribution is 2.24. The molecule has 2 N–H and O–H groups in total.